The zero-order chi connectivity index (χ0) is 24.6. The van der Waals surface area contributed by atoms with Crippen molar-refractivity contribution in [1.29, 1.82) is 0 Å². The van der Waals surface area contributed by atoms with Crippen molar-refractivity contribution in [3.8, 4) is 22.7 Å². The van der Waals surface area contributed by atoms with E-state index in [9.17, 15) is 18.0 Å². The largest absolute Gasteiger partial charge is 0.496 e. The Morgan fingerprint density at radius 1 is 1.15 bits per heavy atom. The minimum Gasteiger partial charge on any atom is -0.496 e. The summed E-state index contributed by atoms with van der Waals surface area (Å²) in [5.41, 5.74) is 3.13. The number of halogens is 3. The number of carbonyl (C=O) groups is 1. The third-order valence-corrected chi connectivity index (χ3v) is 5.56. The number of ether oxygens (including phenoxy) is 1. The van der Waals surface area contributed by atoms with Gasteiger partial charge >= 0.3 is 6.18 Å². The van der Waals surface area contributed by atoms with Crippen molar-refractivity contribution in [3.05, 3.63) is 70.9 Å². The van der Waals surface area contributed by atoms with E-state index in [1.54, 1.807) is 34.7 Å². The highest BCUT2D eigenvalue weighted by Gasteiger charge is 2.35. The molecule has 3 aromatic heterocycles. The quantitative estimate of drug-likeness (QED) is 0.394. The van der Waals surface area contributed by atoms with Crippen LogP contribution in [-0.2, 0) is 19.6 Å². The molecule has 8 nitrogen and oxygen atoms in total. The predicted molar refractivity (Wildman–Crippen MR) is 117 cm³/mol. The fraction of sp³-hybridized carbons (Fsp3) is 0.261. The molecule has 11 heteroatoms. The molecule has 4 aromatic rings. The highest BCUT2D eigenvalue weighted by atomic mass is 19.4. The molecular weight excluding hydrogens is 449 g/mol. The summed E-state index contributed by atoms with van der Waals surface area (Å²) in [5, 5.41) is 12.6. The Kier molecular flexibility index (Phi) is 5.94. The number of nitrogens with zero attached hydrogens (tertiary/aromatic N) is 6. The van der Waals surface area contributed by atoms with E-state index in [4.69, 9.17) is 4.74 Å². The van der Waals surface area contributed by atoms with Crippen molar-refractivity contribution in [2.75, 3.05) is 7.11 Å². The molecule has 34 heavy (non-hydrogen) atoms. The lowest BCUT2D eigenvalue weighted by molar-refractivity contribution is -0.138. The summed E-state index contributed by atoms with van der Waals surface area (Å²) < 4.78 is 48.0. The molecule has 0 spiro atoms. The van der Waals surface area contributed by atoms with Crippen LogP contribution in [0.2, 0.25) is 0 Å². The molecular formula is C23H21F3N6O2. The molecule has 0 saturated heterocycles. The van der Waals surface area contributed by atoms with Crippen molar-refractivity contribution >= 4 is 5.78 Å². The van der Waals surface area contributed by atoms with Crippen LogP contribution in [0.3, 0.4) is 0 Å². The molecule has 0 fully saturated rings. The number of pyridine rings is 1. The van der Waals surface area contributed by atoms with Crippen molar-refractivity contribution in [2.45, 2.75) is 26.4 Å². The van der Waals surface area contributed by atoms with Crippen LogP contribution in [0.1, 0.15) is 32.9 Å². The van der Waals surface area contributed by atoms with E-state index in [0.717, 1.165) is 30.5 Å². The smallest absolute Gasteiger partial charge is 0.419 e. The van der Waals surface area contributed by atoms with Crippen LogP contribution >= 0.6 is 0 Å². The Morgan fingerprint density at radius 2 is 1.91 bits per heavy atom. The van der Waals surface area contributed by atoms with Gasteiger partial charge in [0.05, 0.1) is 36.4 Å². The van der Waals surface area contributed by atoms with Gasteiger partial charge in [-0.25, -0.2) is 4.68 Å². The molecule has 4 rings (SSSR count). The number of carbonyl (C=O) groups excluding carboxylic acids is 1. The highest BCUT2D eigenvalue weighted by molar-refractivity contribution is 5.98. The number of hydrogen-bond acceptors (Lipinski definition) is 6. The summed E-state index contributed by atoms with van der Waals surface area (Å²) in [6, 6.07) is 5.00. The topological polar surface area (TPSA) is 87.7 Å². The van der Waals surface area contributed by atoms with E-state index in [1.807, 2.05) is 14.0 Å². The van der Waals surface area contributed by atoms with Crippen LogP contribution in [0.25, 0.3) is 16.9 Å². The number of benzene rings is 1. The summed E-state index contributed by atoms with van der Waals surface area (Å²) in [5.74, 6) is -0.816. The second-order valence-corrected chi connectivity index (χ2v) is 7.78. The van der Waals surface area contributed by atoms with Crippen LogP contribution in [0.5, 0.6) is 5.75 Å². The first kappa shape index (κ1) is 23.1. The van der Waals surface area contributed by atoms with E-state index in [-0.39, 0.29) is 17.7 Å². The zero-order valence-corrected chi connectivity index (χ0v) is 18.9. The Hall–Kier alpha value is -4.02. The Balaban J connectivity index is 1.61. The first-order valence-corrected chi connectivity index (χ1v) is 10.2. The number of alkyl halides is 3. The lowest BCUT2D eigenvalue weighted by Gasteiger charge is -2.13. The zero-order valence-electron chi connectivity index (χ0n) is 18.9. The summed E-state index contributed by atoms with van der Waals surface area (Å²) in [7, 11) is 2.98. The van der Waals surface area contributed by atoms with Crippen LogP contribution in [0, 0.1) is 13.8 Å². The molecule has 1 aromatic carbocycles. The van der Waals surface area contributed by atoms with Crippen molar-refractivity contribution in [2.24, 2.45) is 7.05 Å². The fourth-order valence-corrected chi connectivity index (χ4v) is 3.54. The summed E-state index contributed by atoms with van der Waals surface area (Å²) in [6.07, 6.45) is 0.186. The third kappa shape index (κ3) is 4.41. The van der Waals surface area contributed by atoms with Crippen LogP contribution in [0.15, 0.2) is 42.9 Å². The molecule has 0 unspecified atom stereocenters. The van der Waals surface area contributed by atoms with E-state index in [2.05, 4.69) is 20.4 Å². The van der Waals surface area contributed by atoms with Gasteiger partial charge in [-0.15, -0.1) is 5.10 Å². The normalized spacial score (nSPS) is 11.6. The molecule has 0 atom stereocenters. The first-order chi connectivity index (χ1) is 16.1. The molecule has 0 bridgehead atoms. The number of methoxy groups -OCH3 is 1. The van der Waals surface area contributed by atoms with Crippen molar-refractivity contribution in [1.82, 2.24) is 29.8 Å². The fourth-order valence-electron chi connectivity index (χ4n) is 3.54. The summed E-state index contributed by atoms with van der Waals surface area (Å²) >= 11 is 0. The number of hydrogen-bond donors (Lipinski definition) is 0. The molecule has 0 N–H and O–H groups in total. The van der Waals surface area contributed by atoms with Gasteiger partial charge in [0.25, 0.3) is 0 Å². The maximum absolute atomic E-state index is 13.3. The van der Waals surface area contributed by atoms with Gasteiger partial charge in [-0.05, 0) is 43.7 Å². The van der Waals surface area contributed by atoms with Gasteiger partial charge in [0.1, 0.15) is 11.4 Å². The third-order valence-electron chi connectivity index (χ3n) is 5.56. The molecule has 0 amide bonds. The second kappa shape index (κ2) is 8.73. The molecule has 0 aliphatic heterocycles. The molecule has 0 aliphatic rings. The van der Waals surface area contributed by atoms with E-state index in [1.165, 1.54) is 12.3 Å². The highest BCUT2D eigenvalue weighted by Crippen LogP contribution is 2.37. The Labute approximate surface area is 193 Å². The van der Waals surface area contributed by atoms with Crippen molar-refractivity contribution in [3.63, 3.8) is 0 Å². The maximum Gasteiger partial charge on any atom is 0.419 e. The predicted octanol–water partition coefficient (Wildman–Crippen LogP) is 4.13. The monoisotopic (exact) mass is 470 g/mol. The van der Waals surface area contributed by atoms with Crippen LogP contribution in [-0.4, -0.2) is 42.7 Å². The molecule has 176 valence electrons. The average molecular weight is 470 g/mol. The number of aromatic nitrogens is 6. The number of ketones is 1. The Morgan fingerprint density at radius 3 is 2.56 bits per heavy atom. The van der Waals surface area contributed by atoms with Gasteiger partial charge in [0, 0.05) is 36.5 Å². The summed E-state index contributed by atoms with van der Waals surface area (Å²) in [6.45, 7) is 3.71. The maximum atomic E-state index is 13.3. The number of Topliss-reactive ketones (excluding diaryl/α,β-unsaturated/α-hetero) is 1. The number of rotatable bonds is 6. The lowest BCUT2D eigenvalue weighted by atomic mass is 10.0. The molecule has 3 heterocycles. The molecule has 0 saturated carbocycles. The molecule has 0 aliphatic carbocycles. The van der Waals surface area contributed by atoms with Gasteiger partial charge in [0.2, 0.25) is 0 Å². The average Bonchev–Trinajstić information content (AvgIpc) is 3.41. The van der Waals surface area contributed by atoms with Gasteiger partial charge in [-0.1, -0.05) is 5.21 Å². The standard InChI is InChI=1S/C23H21F3N6O2/c1-13-20(32-12-19(29-30-32)17-11-28-31(3)14(17)2)7-15(10-27-13)8-21(33)16-5-6-22(34-4)18(9-16)23(24,25)26/h5-7,9-12H,8H2,1-4H3. The lowest BCUT2D eigenvalue weighted by Crippen LogP contribution is -2.11. The van der Waals surface area contributed by atoms with Gasteiger partial charge < -0.3 is 4.74 Å². The second-order valence-electron chi connectivity index (χ2n) is 7.78. The van der Waals surface area contributed by atoms with E-state index < -0.39 is 17.5 Å². The van der Waals surface area contributed by atoms with E-state index >= 15 is 0 Å². The van der Waals surface area contributed by atoms with Gasteiger partial charge in [-0.2, -0.15) is 18.3 Å². The summed E-state index contributed by atoms with van der Waals surface area (Å²) in [4.78, 5) is 17.1. The van der Waals surface area contributed by atoms with E-state index in [0.29, 0.717) is 22.6 Å². The van der Waals surface area contributed by atoms with Gasteiger partial charge in [0.15, 0.2) is 5.78 Å². The first-order valence-electron chi connectivity index (χ1n) is 10.2. The minimum atomic E-state index is -4.64. The minimum absolute atomic E-state index is 0.0645. The SMILES string of the molecule is COc1ccc(C(=O)Cc2cnc(C)c(-n3cc(-c4cnn(C)c4C)nn3)c2)cc1C(F)(F)F. The van der Waals surface area contributed by atoms with Crippen LogP contribution in [0.4, 0.5) is 13.2 Å². The van der Waals surface area contributed by atoms with Crippen LogP contribution < -0.4 is 4.74 Å². The Bertz CT molecular complexity index is 1370. The molecule has 0 radical (unpaired) electrons. The van der Waals surface area contributed by atoms with Crippen molar-refractivity contribution < 1.29 is 22.7 Å². The van der Waals surface area contributed by atoms with Gasteiger partial charge in [-0.3, -0.25) is 14.5 Å². The number of aryl methyl sites for hydroxylation is 2.